The van der Waals surface area contributed by atoms with Gasteiger partial charge in [-0.3, -0.25) is 4.79 Å². The number of benzene rings is 1. The Bertz CT molecular complexity index is 709. The predicted octanol–water partition coefficient (Wildman–Crippen LogP) is -0.857. The molecule has 3 heterocycles. The molecule has 3 amide bonds. The van der Waals surface area contributed by atoms with Gasteiger partial charge in [0.15, 0.2) is 0 Å². The van der Waals surface area contributed by atoms with Crippen molar-refractivity contribution in [2.45, 2.75) is 24.5 Å². The molecule has 0 spiro atoms. The van der Waals surface area contributed by atoms with Gasteiger partial charge in [0.2, 0.25) is 5.91 Å². The number of urea groups is 1. The monoisotopic (exact) mass is 375 g/mol. The number of likely N-dealkylation sites (tertiary alicyclic amines) is 2. The van der Waals surface area contributed by atoms with E-state index in [-0.39, 0.29) is 36.6 Å². The summed E-state index contributed by atoms with van der Waals surface area (Å²) in [5.74, 6) is 0.494. The lowest BCUT2D eigenvalue weighted by atomic mass is 9.91. The number of hydrogen-bond acceptors (Lipinski definition) is 6. The predicted molar refractivity (Wildman–Crippen MR) is 94.8 cm³/mol. The third-order valence-electron chi connectivity index (χ3n) is 5.34. The molecule has 144 valence electrons. The molecule has 2 atom stereocenters. The second-order valence-electron chi connectivity index (χ2n) is 7.16. The third-order valence-corrected chi connectivity index (χ3v) is 5.34. The molecule has 1 aromatic rings. The Balaban J connectivity index is 1.29. The van der Waals surface area contributed by atoms with Gasteiger partial charge >= 0.3 is 13.4 Å². The third kappa shape index (κ3) is 3.87. The number of carbonyl (C=O) groups is 2. The quantitative estimate of drug-likeness (QED) is 0.593. The maximum absolute atomic E-state index is 12.7. The van der Waals surface area contributed by atoms with E-state index in [4.69, 9.17) is 19.4 Å². The van der Waals surface area contributed by atoms with Crippen molar-refractivity contribution < 1.29 is 29.0 Å². The van der Waals surface area contributed by atoms with E-state index < -0.39 is 7.32 Å². The minimum Gasteiger partial charge on any atom is -0.512 e. The number of amides is 3. The number of rotatable bonds is 3. The Kier molecular flexibility index (Phi) is 4.94. The summed E-state index contributed by atoms with van der Waals surface area (Å²) in [7, 11) is -1.84. The molecule has 0 radical (unpaired) electrons. The van der Waals surface area contributed by atoms with Gasteiger partial charge in [0.25, 0.3) is 0 Å². The number of hydrogen-bond donors (Lipinski definition) is 3. The largest absolute Gasteiger partial charge is 0.707 e. The molecule has 27 heavy (non-hydrogen) atoms. The molecule has 3 fully saturated rings. The number of morpholine rings is 1. The van der Waals surface area contributed by atoms with Gasteiger partial charge in [-0.25, -0.2) is 4.79 Å². The normalized spacial score (nSPS) is 25.3. The molecular formula is C17H22BN3O6. The Labute approximate surface area is 157 Å². The van der Waals surface area contributed by atoms with E-state index in [1.807, 2.05) is 12.1 Å². The van der Waals surface area contributed by atoms with Gasteiger partial charge in [0, 0.05) is 32.1 Å². The van der Waals surface area contributed by atoms with Crippen LogP contribution in [0, 0.1) is 0 Å². The van der Waals surface area contributed by atoms with Crippen LogP contribution in [-0.4, -0.2) is 84.0 Å². The van der Waals surface area contributed by atoms with Crippen LogP contribution in [0.15, 0.2) is 24.3 Å². The van der Waals surface area contributed by atoms with E-state index in [1.54, 1.807) is 21.9 Å². The van der Waals surface area contributed by atoms with Crippen molar-refractivity contribution in [3.8, 4) is 5.75 Å². The lowest BCUT2D eigenvalue weighted by Crippen LogP contribution is -2.63. The lowest BCUT2D eigenvalue weighted by Gasteiger charge is -2.46. The molecule has 1 aromatic carbocycles. The highest BCUT2D eigenvalue weighted by atomic mass is 16.6. The second-order valence-corrected chi connectivity index (χ2v) is 7.16. The fraction of sp³-hybridized carbons (Fsp3) is 0.529. The van der Waals surface area contributed by atoms with Crippen LogP contribution in [0.1, 0.15) is 17.9 Å². The Morgan fingerprint density at radius 1 is 1.19 bits per heavy atom. The highest BCUT2D eigenvalue weighted by Gasteiger charge is 2.40. The molecular weight excluding hydrogens is 353 g/mol. The smallest absolute Gasteiger partial charge is 0.512 e. The zero-order chi connectivity index (χ0) is 19.0. The van der Waals surface area contributed by atoms with Crippen LogP contribution in [0.5, 0.6) is 5.75 Å². The summed E-state index contributed by atoms with van der Waals surface area (Å²) in [6, 6.07) is 6.95. The molecule has 0 aromatic heterocycles. The molecule has 0 aliphatic carbocycles. The van der Waals surface area contributed by atoms with E-state index in [2.05, 4.69) is 5.32 Å². The van der Waals surface area contributed by atoms with Gasteiger partial charge in [-0.15, -0.1) is 0 Å². The molecule has 0 saturated carbocycles. The highest BCUT2D eigenvalue weighted by molar-refractivity contribution is 6.33. The van der Waals surface area contributed by atoms with Crippen LogP contribution in [0.4, 0.5) is 4.79 Å². The topological polar surface area (TPSA) is 112 Å². The number of piperidine rings is 1. The summed E-state index contributed by atoms with van der Waals surface area (Å²) >= 11 is 0. The number of nitrogens with zero attached hydrogens (tertiary/aromatic N) is 2. The minimum atomic E-state index is -1.84. The molecule has 3 saturated heterocycles. The van der Waals surface area contributed by atoms with Gasteiger partial charge in [-0.1, -0.05) is 12.1 Å². The summed E-state index contributed by atoms with van der Waals surface area (Å²) < 4.78 is 10.3. The van der Waals surface area contributed by atoms with E-state index in [0.717, 1.165) is 12.0 Å². The zero-order valence-electron chi connectivity index (χ0n) is 14.8. The van der Waals surface area contributed by atoms with E-state index in [1.165, 1.54) is 0 Å². The summed E-state index contributed by atoms with van der Waals surface area (Å²) in [4.78, 5) is 27.8. The zero-order valence-corrected chi connectivity index (χ0v) is 14.8. The first-order valence-electron chi connectivity index (χ1n) is 9.07. The average molecular weight is 375 g/mol. The first-order valence-corrected chi connectivity index (χ1v) is 9.07. The van der Waals surface area contributed by atoms with Crippen molar-refractivity contribution in [1.82, 2.24) is 15.1 Å². The molecule has 10 heteroatoms. The van der Waals surface area contributed by atoms with Gasteiger partial charge in [-0.05, 0) is 24.1 Å². The fourth-order valence-corrected chi connectivity index (χ4v) is 3.86. The summed E-state index contributed by atoms with van der Waals surface area (Å²) in [5.41, 5.74) is 1.07. The van der Waals surface area contributed by atoms with Gasteiger partial charge < -0.3 is 34.6 Å². The summed E-state index contributed by atoms with van der Waals surface area (Å²) in [6.07, 6.45) is 0.723. The van der Waals surface area contributed by atoms with Crippen LogP contribution in [-0.2, 0) is 9.53 Å². The van der Waals surface area contributed by atoms with Crippen LogP contribution in [0.25, 0.3) is 0 Å². The van der Waals surface area contributed by atoms with Gasteiger partial charge in [-0.2, -0.15) is 0 Å². The first kappa shape index (κ1) is 18.1. The Morgan fingerprint density at radius 3 is 2.63 bits per heavy atom. The number of fused-ring (bicyclic) bond motifs is 1. The van der Waals surface area contributed by atoms with Crippen molar-refractivity contribution in [2.24, 2.45) is 0 Å². The summed E-state index contributed by atoms with van der Waals surface area (Å²) in [6.45, 7) is 2.48. The Hall–Kier alpha value is -2.30. The van der Waals surface area contributed by atoms with Gasteiger partial charge in [0.05, 0.1) is 12.1 Å². The Morgan fingerprint density at radius 2 is 1.93 bits per heavy atom. The molecule has 0 unspecified atom stereocenters. The van der Waals surface area contributed by atoms with Crippen molar-refractivity contribution in [1.29, 1.82) is 0 Å². The van der Waals surface area contributed by atoms with E-state index in [9.17, 15) is 9.59 Å². The molecule has 0 bridgehead atoms. The van der Waals surface area contributed by atoms with E-state index in [0.29, 0.717) is 31.9 Å². The summed E-state index contributed by atoms with van der Waals surface area (Å²) in [5, 5.41) is 20.5. The van der Waals surface area contributed by atoms with Crippen molar-refractivity contribution in [2.75, 3.05) is 32.8 Å². The van der Waals surface area contributed by atoms with Crippen LogP contribution < -0.4 is 9.97 Å². The molecule has 3 aliphatic heterocycles. The van der Waals surface area contributed by atoms with Crippen LogP contribution in [0.3, 0.4) is 0 Å². The molecule has 3 aliphatic rings. The maximum Gasteiger partial charge on any atom is 0.707 e. The minimum absolute atomic E-state index is 0.00550. The van der Waals surface area contributed by atoms with Crippen LogP contribution >= 0.6 is 0 Å². The standard InChI is InChI=1S/C17H22BN3O6/c22-16-10-26-15-5-6-20(9-14(15)19-16)17(23)21-7-12(8-21)11-1-3-13(4-2-11)27-18(24)25/h1-4,12,14-15,24-25H,5-10H2,(H,19,22)/t14-,15+/m1/s1. The molecule has 9 nitrogen and oxygen atoms in total. The van der Waals surface area contributed by atoms with Crippen LogP contribution in [0.2, 0.25) is 0 Å². The van der Waals surface area contributed by atoms with Crippen molar-refractivity contribution in [3.05, 3.63) is 29.8 Å². The average Bonchev–Trinajstić information content (AvgIpc) is 2.60. The molecule has 4 rings (SSSR count). The first-order chi connectivity index (χ1) is 13.0. The number of nitrogens with one attached hydrogen (secondary N) is 1. The SMILES string of the molecule is O=C1CO[C@H]2CCN(C(=O)N3CC(c4ccc(OB(O)O)cc4)C3)C[C@H]2N1. The molecule has 3 N–H and O–H groups in total. The number of carbonyl (C=O) groups excluding carboxylic acids is 2. The number of ether oxygens (including phenoxy) is 1. The van der Waals surface area contributed by atoms with Gasteiger partial charge in [0.1, 0.15) is 12.4 Å². The maximum atomic E-state index is 12.7. The highest BCUT2D eigenvalue weighted by Crippen LogP contribution is 2.30. The fourth-order valence-electron chi connectivity index (χ4n) is 3.86. The van der Waals surface area contributed by atoms with E-state index >= 15 is 0 Å². The lowest BCUT2D eigenvalue weighted by molar-refractivity contribution is -0.139. The van der Waals surface area contributed by atoms with Crippen molar-refractivity contribution >= 4 is 19.3 Å². The van der Waals surface area contributed by atoms with Crippen molar-refractivity contribution in [3.63, 3.8) is 0 Å². The second kappa shape index (κ2) is 7.38.